The van der Waals surface area contributed by atoms with Gasteiger partial charge in [0, 0.05) is 44.4 Å². The normalized spacial score (nSPS) is 16.5. The lowest BCUT2D eigenvalue weighted by molar-refractivity contribution is 0.508. The molecular weight excluding hydrogens is 322 g/mol. The van der Waals surface area contributed by atoms with E-state index in [1.165, 1.54) is 0 Å². The van der Waals surface area contributed by atoms with E-state index < -0.39 is 10.8 Å². The Labute approximate surface area is 119 Å². The van der Waals surface area contributed by atoms with Crippen molar-refractivity contribution in [1.29, 1.82) is 0 Å². The van der Waals surface area contributed by atoms with Crippen LogP contribution in [0.25, 0.3) is 0 Å². The summed E-state index contributed by atoms with van der Waals surface area (Å²) < 4.78 is 12.1. The minimum absolute atomic E-state index is 0.147. The van der Waals surface area contributed by atoms with Gasteiger partial charge in [0.15, 0.2) is 0 Å². The Balaban J connectivity index is 2.69. The molecule has 1 rings (SSSR count). The lowest BCUT2D eigenvalue weighted by Gasteiger charge is -2.20. The van der Waals surface area contributed by atoms with Gasteiger partial charge in [-0.1, -0.05) is 33.6 Å². The van der Waals surface area contributed by atoms with Crippen molar-refractivity contribution in [1.82, 2.24) is 5.32 Å². The van der Waals surface area contributed by atoms with Gasteiger partial charge >= 0.3 is 0 Å². The summed E-state index contributed by atoms with van der Waals surface area (Å²) in [6.45, 7) is 4.09. The second-order valence-corrected chi connectivity index (χ2v) is 7.00. The molecule has 1 aromatic rings. The molecule has 0 aromatic heterocycles. The largest absolute Gasteiger partial charge is 0.307 e. The molecule has 0 aliphatic rings. The molecule has 0 spiro atoms. The molecule has 0 saturated carbocycles. The van der Waals surface area contributed by atoms with Crippen LogP contribution in [0.2, 0.25) is 5.02 Å². The molecule has 0 saturated heterocycles. The standard InChI is InChI=1S/C12H17BrClNOS/c1-8(7-17(3)16)15-9(2)11-5-4-10(13)6-12(11)14/h4-6,8-9,15H,7H2,1-3H3. The minimum atomic E-state index is -0.780. The summed E-state index contributed by atoms with van der Waals surface area (Å²) >= 11 is 9.57. The SMILES string of the molecule is CC(CS(C)=O)NC(C)c1ccc(Br)cc1Cl. The molecular formula is C12H17BrClNOS. The van der Waals surface area contributed by atoms with Crippen LogP contribution in [0.15, 0.2) is 22.7 Å². The van der Waals surface area contributed by atoms with Crippen LogP contribution in [0.1, 0.15) is 25.5 Å². The molecule has 17 heavy (non-hydrogen) atoms. The van der Waals surface area contributed by atoms with E-state index in [2.05, 4.69) is 28.2 Å². The van der Waals surface area contributed by atoms with Crippen molar-refractivity contribution in [3.8, 4) is 0 Å². The zero-order valence-corrected chi connectivity index (χ0v) is 13.3. The van der Waals surface area contributed by atoms with Gasteiger partial charge in [0.25, 0.3) is 0 Å². The average Bonchev–Trinajstić information content (AvgIpc) is 2.15. The average molecular weight is 339 g/mol. The van der Waals surface area contributed by atoms with Gasteiger partial charge in [-0.15, -0.1) is 0 Å². The van der Waals surface area contributed by atoms with Gasteiger partial charge < -0.3 is 5.32 Å². The van der Waals surface area contributed by atoms with Crippen LogP contribution < -0.4 is 5.32 Å². The molecule has 5 heteroatoms. The first-order valence-corrected chi connectivity index (χ1v) is 8.31. The fourth-order valence-electron chi connectivity index (χ4n) is 1.77. The second kappa shape index (κ2) is 6.88. The van der Waals surface area contributed by atoms with Gasteiger partial charge in [-0.2, -0.15) is 0 Å². The molecule has 3 unspecified atom stereocenters. The van der Waals surface area contributed by atoms with Crippen molar-refractivity contribution < 1.29 is 4.21 Å². The van der Waals surface area contributed by atoms with Gasteiger partial charge in [0.2, 0.25) is 0 Å². The Bertz CT molecular complexity index is 413. The number of halogens is 2. The molecule has 0 amide bonds. The van der Waals surface area contributed by atoms with E-state index in [9.17, 15) is 4.21 Å². The monoisotopic (exact) mass is 337 g/mol. The molecule has 0 heterocycles. The van der Waals surface area contributed by atoms with Gasteiger partial charge in [0.05, 0.1) is 0 Å². The Morgan fingerprint density at radius 3 is 2.65 bits per heavy atom. The third-order valence-corrected chi connectivity index (χ3v) is 4.24. The molecule has 0 radical (unpaired) electrons. The summed E-state index contributed by atoms with van der Waals surface area (Å²) in [7, 11) is -0.780. The third-order valence-electron chi connectivity index (χ3n) is 2.45. The molecule has 0 aliphatic heterocycles. The number of benzene rings is 1. The van der Waals surface area contributed by atoms with E-state index in [0.717, 1.165) is 15.1 Å². The highest BCUT2D eigenvalue weighted by Crippen LogP contribution is 2.26. The van der Waals surface area contributed by atoms with Gasteiger partial charge in [-0.3, -0.25) is 4.21 Å². The Kier molecular flexibility index (Phi) is 6.13. The van der Waals surface area contributed by atoms with Crippen LogP contribution in [-0.4, -0.2) is 22.3 Å². The second-order valence-electron chi connectivity index (χ2n) is 4.20. The van der Waals surface area contributed by atoms with E-state index >= 15 is 0 Å². The van der Waals surface area contributed by atoms with Gasteiger partial charge in [-0.25, -0.2) is 0 Å². The smallest absolute Gasteiger partial charge is 0.0464 e. The van der Waals surface area contributed by atoms with Gasteiger partial charge in [-0.05, 0) is 31.5 Å². The Morgan fingerprint density at radius 2 is 2.12 bits per heavy atom. The number of hydrogen-bond donors (Lipinski definition) is 1. The summed E-state index contributed by atoms with van der Waals surface area (Å²) in [6.07, 6.45) is 1.72. The van der Waals surface area contributed by atoms with Crippen LogP contribution in [0.5, 0.6) is 0 Å². The first-order valence-electron chi connectivity index (χ1n) is 5.41. The first kappa shape index (κ1) is 15.2. The molecule has 2 nitrogen and oxygen atoms in total. The number of hydrogen-bond acceptors (Lipinski definition) is 2. The Morgan fingerprint density at radius 1 is 1.47 bits per heavy atom. The van der Waals surface area contributed by atoms with Crippen LogP contribution >= 0.6 is 27.5 Å². The lowest BCUT2D eigenvalue weighted by atomic mass is 10.1. The molecule has 1 N–H and O–H groups in total. The maximum Gasteiger partial charge on any atom is 0.0464 e. The minimum Gasteiger partial charge on any atom is -0.307 e. The van der Waals surface area contributed by atoms with E-state index in [1.807, 2.05) is 25.1 Å². The summed E-state index contributed by atoms with van der Waals surface area (Å²) in [5.74, 6) is 0.651. The molecule has 3 atom stereocenters. The summed E-state index contributed by atoms with van der Waals surface area (Å²) in [4.78, 5) is 0. The molecule has 0 fully saturated rings. The predicted octanol–water partition coefficient (Wildman–Crippen LogP) is 3.52. The first-order chi connectivity index (χ1) is 7.90. The number of rotatable bonds is 5. The van der Waals surface area contributed by atoms with E-state index in [0.29, 0.717) is 5.75 Å². The van der Waals surface area contributed by atoms with Crippen molar-refractivity contribution in [2.75, 3.05) is 12.0 Å². The highest BCUT2D eigenvalue weighted by Gasteiger charge is 2.13. The van der Waals surface area contributed by atoms with Gasteiger partial charge in [0.1, 0.15) is 0 Å². The summed E-state index contributed by atoms with van der Waals surface area (Å²) in [5, 5.41) is 4.13. The fourth-order valence-corrected chi connectivity index (χ4v) is 3.41. The third kappa shape index (κ3) is 5.08. The molecule has 0 bridgehead atoms. The molecule has 0 aliphatic carbocycles. The highest BCUT2D eigenvalue weighted by atomic mass is 79.9. The van der Waals surface area contributed by atoms with Crippen molar-refractivity contribution >= 4 is 38.3 Å². The van der Waals surface area contributed by atoms with Crippen LogP contribution in [0, 0.1) is 0 Å². The van der Waals surface area contributed by atoms with Crippen LogP contribution in [0.4, 0.5) is 0 Å². The predicted molar refractivity (Wildman–Crippen MR) is 79.1 cm³/mol. The van der Waals surface area contributed by atoms with Crippen molar-refractivity contribution in [2.45, 2.75) is 25.9 Å². The maximum atomic E-state index is 11.1. The van der Waals surface area contributed by atoms with Crippen molar-refractivity contribution in [3.63, 3.8) is 0 Å². The quantitative estimate of drug-likeness (QED) is 0.890. The maximum absolute atomic E-state index is 11.1. The van der Waals surface area contributed by atoms with Crippen molar-refractivity contribution in [2.24, 2.45) is 0 Å². The highest BCUT2D eigenvalue weighted by molar-refractivity contribution is 9.10. The van der Waals surface area contributed by atoms with Crippen molar-refractivity contribution in [3.05, 3.63) is 33.3 Å². The van der Waals surface area contributed by atoms with E-state index in [4.69, 9.17) is 11.6 Å². The zero-order chi connectivity index (χ0) is 13.0. The van der Waals surface area contributed by atoms with Crippen LogP contribution in [-0.2, 0) is 10.8 Å². The molecule has 1 aromatic carbocycles. The topological polar surface area (TPSA) is 29.1 Å². The Hall–Kier alpha value is 0.1000. The van der Waals surface area contributed by atoms with E-state index in [1.54, 1.807) is 6.26 Å². The summed E-state index contributed by atoms with van der Waals surface area (Å²) in [6, 6.07) is 6.21. The molecule has 96 valence electrons. The van der Waals surface area contributed by atoms with Crippen LogP contribution in [0.3, 0.4) is 0 Å². The van der Waals surface area contributed by atoms with E-state index in [-0.39, 0.29) is 12.1 Å². The summed E-state index contributed by atoms with van der Waals surface area (Å²) in [5.41, 5.74) is 1.06. The number of nitrogens with one attached hydrogen (secondary N) is 1. The fraction of sp³-hybridized carbons (Fsp3) is 0.500. The lowest BCUT2D eigenvalue weighted by Crippen LogP contribution is -2.33. The zero-order valence-electron chi connectivity index (χ0n) is 10.2.